The Kier molecular flexibility index (Phi) is 10.0. The maximum absolute atomic E-state index is 13.6. The molecule has 0 atom stereocenters. The first-order valence-corrected chi connectivity index (χ1v) is 13.2. The summed E-state index contributed by atoms with van der Waals surface area (Å²) in [4.78, 5) is 11.9. The molecule has 2 aliphatic rings. The summed E-state index contributed by atoms with van der Waals surface area (Å²) in [5.41, 5.74) is -0.612. The monoisotopic (exact) mass is 464 g/mol. The largest absolute Gasteiger partial charge is 0.507 e. The van der Waals surface area contributed by atoms with Crippen LogP contribution in [0.3, 0.4) is 0 Å². The second-order valence-corrected chi connectivity index (χ2v) is 10.3. The molecule has 2 aliphatic carbocycles. The molecule has 0 bridgehead atoms. The predicted octanol–water partition coefficient (Wildman–Crippen LogP) is 8.49. The first-order valence-electron chi connectivity index (χ1n) is 13.2. The normalized spacial score (nSPS) is 25.8. The molecule has 0 aliphatic heterocycles. The van der Waals surface area contributed by atoms with E-state index >= 15 is 0 Å². The van der Waals surface area contributed by atoms with Gasteiger partial charge < -0.3 is 9.84 Å². The Morgan fingerprint density at radius 1 is 0.970 bits per heavy atom. The van der Waals surface area contributed by atoms with Gasteiger partial charge in [-0.15, -0.1) is 0 Å². The predicted molar refractivity (Wildman–Crippen MR) is 128 cm³/mol. The maximum atomic E-state index is 13.6. The molecule has 2 fully saturated rings. The van der Waals surface area contributed by atoms with Crippen molar-refractivity contribution >= 4 is 5.78 Å². The number of carbonyl (C=O) groups is 1. The van der Waals surface area contributed by atoms with Crippen LogP contribution in [0.2, 0.25) is 0 Å². The molecular weight excluding hydrogens is 422 g/mol. The van der Waals surface area contributed by atoms with Crippen molar-refractivity contribution in [1.29, 1.82) is 0 Å². The van der Waals surface area contributed by atoms with Crippen molar-refractivity contribution in [2.24, 2.45) is 23.7 Å². The van der Waals surface area contributed by atoms with E-state index in [0.717, 1.165) is 30.6 Å². The lowest BCUT2D eigenvalue weighted by Gasteiger charge is -2.38. The quantitative estimate of drug-likeness (QED) is 0.264. The average molecular weight is 465 g/mol. The standard InChI is InChI=1S/C28H42F2O3/c1-3-5-6-7-19-8-12-21(13-9-19)22-14-10-20(11-15-22)18-33-25-17-16-23(24(31)4-2)27(32)26(25)28(29)30/h16-17,19-22,28,32H,3-15,18H2,1-2H3. The number of ketones is 1. The minimum Gasteiger partial charge on any atom is -0.507 e. The van der Waals surface area contributed by atoms with Crippen molar-refractivity contribution in [2.75, 3.05) is 6.61 Å². The number of hydrogen-bond donors (Lipinski definition) is 1. The van der Waals surface area contributed by atoms with E-state index in [1.54, 1.807) is 6.92 Å². The number of phenols is 1. The summed E-state index contributed by atoms with van der Waals surface area (Å²) < 4.78 is 33.0. The van der Waals surface area contributed by atoms with Gasteiger partial charge in [-0.2, -0.15) is 0 Å². The van der Waals surface area contributed by atoms with E-state index in [-0.39, 0.29) is 23.5 Å². The van der Waals surface area contributed by atoms with Gasteiger partial charge in [0.15, 0.2) is 5.78 Å². The van der Waals surface area contributed by atoms with Gasteiger partial charge in [0.1, 0.15) is 17.1 Å². The van der Waals surface area contributed by atoms with Gasteiger partial charge in [0.25, 0.3) is 6.43 Å². The summed E-state index contributed by atoms with van der Waals surface area (Å²) in [7, 11) is 0. The van der Waals surface area contributed by atoms with E-state index in [1.165, 1.54) is 76.3 Å². The van der Waals surface area contributed by atoms with Gasteiger partial charge in [0.2, 0.25) is 0 Å². The molecule has 5 heteroatoms. The molecule has 1 N–H and O–H groups in total. The number of benzene rings is 1. The summed E-state index contributed by atoms with van der Waals surface area (Å²) in [5.74, 6) is 1.97. The smallest absolute Gasteiger partial charge is 0.271 e. The Bertz CT molecular complexity index is 748. The minimum absolute atomic E-state index is 0.00123. The van der Waals surface area contributed by atoms with Crippen LogP contribution in [0.15, 0.2) is 12.1 Å². The summed E-state index contributed by atoms with van der Waals surface area (Å²) in [6.07, 6.45) is 12.8. The molecular formula is C28H42F2O3. The first-order chi connectivity index (χ1) is 15.9. The van der Waals surface area contributed by atoms with Crippen LogP contribution in [0.25, 0.3) is 0 Å². The molecule has 3 nitrogen and oxygen atoms in total. The van der Waals surface area contributed by atoms with Crippen molar-refractivity contribution in [1.82, 2.24) is 0 Å². The molecule has 0 heterocycles. The third-order valence-electron chi connectivity index (χ3n) is 8.16. The zero-order valence-corrected chi connectivity index (χ0v) is 20.5. The van der Waals surface area contributed by atoms with Gasteiger partial charge >= 0.3 is 0 Å². The molecule has 33 heavy (non-hydrogen) atoms. The summed E-state index contributed by atoms with van der Waals surface area (Å²) >= 11 is 0. The SMILES string of the molecule is CCCCCC1CCC(C2CCC(COc3ccc(C(=O)CC)c(O)c3C(F)F)CC2)CC1. The number of halogens is 2. The Hall–Kier alpha value is -1.65. The van der Waals surface area contributed by atoms with Crippen LogP contribution in [0.5, 0.6) is 11.5 Å². The number of unbranched alkanes of at least 4 members (excludes halogenated alkanes) is 2. The summed E-state index contributed by atoms with van der Waals surface area (Å²) in [5, 5.41) is 10.3. The number of Topliss-reactive ketones (excluding diaryl/α,β-unsaturated/α-hetero) is 1. The lowest BCUT2D eigenvalue weighted by Crippen LogP contribution is -2.27. The molecule has 186 valence electrons. The van der Waals surface area contributed by atoms with E-state index in [9.17, 15) is 18.7 Å². The highest BCUT2D eigenvalue weighted by atomic mass is 19.3. The van der Waals surface area contributed by atoms with Crippen LogP contribution in [-0.4, -0.2) is 17.5 Å². The van der Waals surface area contributed by atoms with Crippen molar-refractivity contribution in [2.45, 2.75) is 104 Å². The Morgan fingerprint density at radius 3 is 2.12 bits per heavy atom. The second-order valence-electron chi connectivity index (χ2n) is 10.3. The molecule has 2 saturated carbocycles. The zero-order chi connectivity index (χ0) is 23.8. The number of phenolic OH excluding ortho intramolecular Hbond substituents is 1. The molecule has 0 aromatic heterocycles. The van der Waals surface area contributed by atoms with Crippen LogP contribution >= 0.6 is 0 Å². The van der Waals surface area contributed by atoms with Gasteiger partial charge in [0.05, 0.1) is 12.2 Å². The van der Waals surface area contributed by atoms with Crippen molar-refractivity contribution in [3.8, 4) is 11.5 Å². The van der Waals surface area contributed by atoms with E-state index < -0.39 is 17.7 Å². The summed E-state index contributed by atoms with van der Waals surface area (Å²) in [6.45, 7) is 4.30. The first kappa shape index (κ1) is 26.0. The van der Waals surface area contributed by atoms with Gasteiger partial charge in [-0.05, 0) is 74.3 Å². The highest BCUT2D eigenvalue weighted by Gasteiger charge is 2.31. The highest BCUT2D eigenvalue weighted by Crippen LogP contribution is 2.43. The fourth-order valence-electron chi connectivity index (χ4n) is 6.01. The molecule has 0 unspecified atom stereocenters. The van der Waals surface area contributed by atoms with E-state index in [0.29, 0.717) is 12.5 Å². The third-order valence-corrected chi connectivity index (χ3v) is 8.16. The van der Waals surface area contributed by atoms with E-state index in [4.69, 9.17) is 4.74 Å². The Morgan fingerprint density at radius 2 is 1.58 bits per heavy atom. The lowest BCUT2D eigenvalue weighted by molar-refractivity contribution is 0.0983. The Balaban J connectivity index is 1.46. The maximum Gasteiger partial charge on any atom is 0.271 e. The van der Waals surface area contributed by atoms with Gasteiger partial charge in [0, 0.05) is 6.42 Å². The number of aromatic hydroxyl groups is 1. The third kappa shape index (κ3) is 6.93. The molecule has 3 rings (SSSR count). The fraction of sp³-hybridized carbons (Fsp3) is 0.750. The highest BCUT2D eigenvalue weighted by molar-refractivity contribution is 5.99. The number of carbonyl (C=O) groups excluding carboxylic acids is 1. The molecule has 0 radical (unpaired) electrons. The number of ether oxygens (including phenoxy) is 1. The van der Waals surface area contributed by atoms with Gasteiger partial charge in [-0.25, -0.2) is 8.78 Å². The topological polar surface area (TPSA) is 46.5 Å². The van der Waals surface area contributed by atoms with Gasteiger partial charge in [-0.3, -0.25) is 4.79 Å². The van der Waals surface area contributed by atoms with Crippen molar-refractivity contribution in [3.05, 3.63) is 23.3 Å². The van der Waals surface area contributed by atoms with Crippen LogP contribution in [-0.2, 0) is 0 Å². The van der Waals surface area contributed by atoms with Crippen molar-refractivity contribution < 1.29 is 23.4 Å². The molecule has 0 saturated heterocycles. The lowest BCUT2D eigenvalue weighted by atomic mass is 9.69. The number of hydrogen-bond acceptors (Lipinski definition) is 3. The zero-order valence-electron chi connectivity index (χ0n) is 20.5. The molecule has 1 aromatic carbocycles. The van der Waals surface area contributed by atoms with Gasteiger partial charge in [-0.1, -0.05) is 52.4 Å². The van der Waals surface area contributed by atoms with Crippen LogP contribution in [0, 0.1) is 23.7 Å². The molecule has 0 amide bonds. The fourth-order valence-corrected chi connectivity index (χ4v) is 6.01. The minimum atomic E-state index is -2.89. The molecule has 1 aromatic rings. The van der Waals surface area contributed by atoms with E-state index in [2.05, 4.69) is 6.92 Å². The van der Waals surface area contributed by atoms with Crippen molar-refractivity contribution in [3.63, 3.8) is 0 Å². The number of alkyl halides is 2. The van der Waals surface area contributed by atoms with E-state index in [1.807, 2.05) is 0 Å². The summed E-state index contributed by atoms with van der Waals surface area (Å²) in [6, 6.07) is 2.81. The Labute approximate surface area is 198 Å². The second kappa shape index (κ2) is 12.7. The van der Waals surface area contributed by atoms with Crippen LogP contribution in [0.4, 0.5) is 8.78 Å². The van der Waals surface area contributed by atoms with Crippen LogP contribution < -0.4 is 4.74 Å². The average Bonchev–Trinajstić information content (AvgIpc) is 2.83. The molecule has 0 spiro atoms. The van der Waals surface area contributed by atoms with Crippen LogP contribution in [0.1, 0.15) is 120 Å². The number of rotatable bonds is 11.